The molecule has 33 heavy (non-hydrogen) atoms. The maximum atomic E-state index is 13.0. The number of amides is 2. The predicted octanol–water partition coefficient (Wildman–Crippen LogP) is 5.40. The van der Waals surface area contributed by atoms with Crippen LogP contribution in [0, 0.1) is 0 Å². The van der Waals surface area contributed by atoms with Gasteiger partial charge in [0.1, 0.15) is 11.1 Å². The van der Waals surface area contributed by atoms with E-state index in [9.17, 15) is 9.59 Å². The lowest BCUT2D eigenvalue weighted by molar-refractivity contribution is -0.128. The zero-order chi connectivity index (χ0) is 23.4. The number of benzene rings is 3. The minimum atomic E-state index is -0.0800. The summed E-state index contributed by atoms with van der Waals surface area (Å²) in [5, 5.41) is 0.594. The van der Waals surface area contributed by atoms with Crippen LogP contribution in [0.3, 0.4) is 0 Å². The Bertz CT molecular complexity index is 1140. The number of para-hydroxylation sites is 1. The first-order valence-corrected chi connectivity index (χ1v) is 12.0. The van der Waals surface area contributed by atoms with E-state index in [1.807, 2.05) is 77.7 Å². The molecule has 7 heteroatoms. The normalized spacial score (nSPS) is 15.5. The van der Waals surface area contributed by atoms with Crippen LogP contribution in [0.25, 0.3) is 0 Å². The number of methoxy groups -OCH3 is 1. The molecule has 3 aromatic rings. The fraction of sp³-hybridized carbons (Fsp3) is 0.231. The van der Waals surface area contributed by atoms with E-state index in [0.29, 0.717) is 29.4 Å². The molecular formula is C26H25ClN2O3S. The molecule has 2 amide bonds. The van der Waals surface area contributed by atoms with E-state index >= 15 is 0 Å². The second-order valence-electron chi connectivity index (χ2n) is 7.91. The molecule has 1 fully saturated rings. The SMILES string of the molecule is COc1ccccc1CN(C)C(=O)c1ccc(C2SCC(=O)N2Cc2ccc(Cl)cc2)cc1. The van der Waals surface area contributed by atoms with Crippen LogP contribution in [0.1, 0.15) is 32.4 Å². The molecular weight excluding hydrogens is 456 g/mol. The Balaban J connectivity index is 1.46. The van der Waals surface area contributed by atoms with E-state index in [1.54, 1.807) is 30.8 Å². The maximum Gasteiger partial charge on any atom is 0.253 e. The summed E-state index contributed by atoms with van der Waals surface area (Å²) >= 11 is 7.58. The molecule has 1 saturated heterocycles. The number of rotatable bonds is 7. The van der Waals surface area contributed by atoms with Gasteiger partial charge < -0.3 is 14.5 Å². The van der Waals surface area contributed by atoms with E-state index in [2.05, 4.69) is 0 Å². The highest BCUT2D eigenvalue weighted by Crippen LogP contribution is 2.39. The third-order valence-electron chi connectivity index (χ3n) is 5.62. The van der Waals surface area contributed by atoms with Gasteiger partial charge in [0.15, 0.2) is 0 Å². The molecule has 0 N–H and O–H groups in total. The van der Waals surface area contributed by atoms with Crippen molar-refractivity contribution in [2.24, 2.45) is 0 Å². The fourth-order valence-corrected chi connectivity index (χ4v) is 5.17. The molecule has 1 aliphatic rings. The zero-order valence-corrected chi connectivity index (χ0v) is 20.1. The van der Waals surface area contributed by atoms with Gasteiger partial charge in [-0.05, 0) is 41.5 Å². The number of hydrogen-bond donors (Lipinski definition) is 0. The highest BCUT2D eigenvalue weighted by Gasteiger charge is 2.32. The van der Waals surface area contributed by atoms with E-state index in [1.165, 1.54) is 0 Å². The van der Waals surface area contributed by atoms with Crippen LogP contribution >= 0.6 is 23.4 Å². The second kappa shape index (κ2) is 10.3. The van der Waals surface area contributed by atoms with Gasteiger partial charge in [-0.15, -0.1) is 11.8 Å². The maximum absolute atomic E-state index is 13.0. The highest BCUT2D eigenvalue weighted by molar-refractivity contribution is 8.00. The van der Waals surface area contributed by atoms with Gasteiger partial charge in [0.25, 0.3) is 5.91 Å². The van der Waals surface area contributed by atoms with E-state index in [4.69, 9.17) is 16.3 Å². The first-order chi connectivity index (χ1) is 16.0. The summed E-state index contributed by atoms with van der Waals surface area (Å²) in [5.41, 5.74) is 3.59. The molecule has 1 aliphatic heterocycles. The van der Waals surface area contributed by atoms with Crippen molar-refractivity contribution in [2.75, 3.05) is 19.9 Å². The molecule has 1 unspecified atom stereocenters. The van der Waals surface area contributed by atoms with Gasteiger partial charge in [-0.2, -0.15) is 0 Å². The Hall–Kier alpha value is -2.96. The molecule has 0 aromatic heterocycles. The van der Waals surface area contributed by atoms with Crippen LogP contribution in [0.4, 0.5) is 0 Å². The molecule has 0 aliphatic carbocycles. The summed E-state index contributed by atoms with van der Waals surface area (Å²) < 4.78 is 5.39. The molecule has 1 heterocycles. The lowest BCUT2D eigenvalue weighted by Gasteiger charge is -2.25. The Labute approximate surface area is 203 Å². The molecule has 0 bridgehead atoms. The molecule has 170 valence electrons. The van der Waals surface area contributed by atoms with E-state index < -0.39 is 0 Å². The Morgan fingerprint density at radius 3 is 2.48 bits per heavy atom. The fourth-order valence-electron chi connectivity index (χ4n) is 3.86. The Morgan fingerprint density at radius 1 is 1.09 bits per heavy atom. The second-order valence-corrected chi connectivity index (χ2v) is 9.41. The van der Waals surface area contributed by atoms with Crippen molar-refractivity contribution < 1.29 is 14.3 Å². The summed E-state index contributed by atoms with van der Waals surface area (Å²) in [6, 6.07) is 22.8. The minimum absolute atomic E-state index is 0.0689. The number of nitrogens with zero attached hydrogens (tertiary/aromatic N) is 2. The number of halogens is 1. The summed E-state index contributed by atoms with van der Waals surface area (Å²) in [4.78, 5) is 29.0. The standard InChI is InChI=1S/C26H25ClN2O3S/c1-28(16-21-5-3-4-6-23(21)32-2)25(31)19-9-11-20(12-10-19)26-29(24(30)17-33-26)15-18-7-13-22(27)14-8-18/h3-14,26H,15-17H2,1-2H3. The van der Waals surface area contributed by atoms with Crippen LogP contribution in [0.5, 0.6) is 5.75 Å². The van der Waals surface area contributed by atoms with Crippen LogP contribution in [-0.4, -0.2) is 41.5 Å². The van der Waals surface area contributed by atoms with Crippen molar-refractivity contribution in [2.45, 2.75) is 18.5 Å². The summed E-state index contributed by atoms with van der Waals surface area (Å²) in [6.07, 6.45) is 0. The van der Waals surface area contributed by atoms with Crippen LogP contribution in [0.2, 0.25) is 5.02 Å². The predicted molar refractivity (Wildman–Crippen MR) is 132 cm³/mol. The topological polar surface area (TPSA) is 49.9 Å². The third-order valence-corrected chi connectivity index (χ3v) is 7.13. The summed E-state index contributed by atoms with van der Waals surface area (Å²) in [6.45, 7) is 0.975. The average Bonchev–Trinajstić information content (AvgIpc) is 3.20. The zero-order valence-electron chi connectivity index (χ0n) is 18.5. The lowest BCUT2D eigenvalue weighted by atomic mass is 10.1. The number of carbonyl (C=O) groups excluding carboxylic acids is 2. The van der Waals surface area contributed by atoms with Gasteiger partial charge in [0.05, 0.1) is 12.9 Å². The third kappa shape index (κ3) is 5.34. The van der Waals surface area contributed by atoms with Gasteiger partial charge in [0.2, 0.25) is 5.91 Å². The van der Waals surface area contributed by atoms with E-state index in [0.717, 1.165) is 22.4 Å². The molecule has 5 nitrogen and oxygen atoms in total. The molecule has 4 rings (SSSR count). The summed E-state index contributed by atoms with van der Waals surface area (Å²) in [7, 11) is 3.41. The lowest BCUT2D eigenvalue weighted by Crippen LogP contribution is -2.28. The number of thioether (sulfide) groups is 1. The number of hydrogen-bond acceptors (Lipinski definition) is 4. The van der Waals surface area contributed by atoms with Gasteiger partial charge in [0, 0.05) is 36.3 Å². The quantitative estimate of drug-likeness (QED) is 0.454. The van der Waals surface area contributed by atoms with Crippen molar-refractivity contribution in [1.82, 2.24) is 9.80 Å². The minimum Gasteiger partial charge on any atom is -0.496 e. The highest BCUT2D eigenvalue weighted by atomic mass is 35.5. The van der Waals surface area contributed by atoms with Crippen molar-refractivity contribution in [3.63, 3.8) is 0 Å². The van der Waals surface area contributed by atoms with Gasteiger partial charge in [-0.25, -0.2) is 0 Å². The van der Waals surface area contributed by atoms with Gasteiger partial charge >= 0.3 is 0 Å². The largest absolute Gasteiger partial charge is 0.496 e. The van der Waals surface area contributed by atoms with Crippen molar-refractivity contribution >= 4 is 35.2 Å². The smallest absolute Gasteiger partial charge is 0.253 e. The van der Waals surface area contributed by atoms with Crippen molar-refractivity contribution in [1.29, 1.82) is 0 Å². The van der Waals surface area contributed by atoms with Crippen LogP contribution in [-0.2, 0) is 17.9 Å². The van der Waals surface area contributed by atoms with Crippen molar-refractivity contribution in [3.05, 3.63) is 100 Å². The van der Waals surface area contributed by atoms with Crippen LogP contribution in [0.15, 0.2) is 72.8 Å². The number of carbonyl (C=O) groups is 2. The van der Waals surface area contributed by atoms with Crippen molar-refractivity contribution in [3.8, 4) is 5.75 Å². The Kier molecular flexibility index (Phi) is 7.26. The monoisotopic (exact) mass is 480 g/mol. The first-order valence-electron chi connectivity index (χ1n) is 10.6. The van der Waals surface area contributed by atoms with E-state index in [-0.39, 0.29) is 17.2 Å². The summed E-state index contributed by atoms with van der Waals surface area (Å²) in [5.74, 6) is 1.24. The molecule has 0 spiro atoms. The molecule has 3 aromatic carbocycles. The Morgan fingerprint density at radius 2 is 1.79 bits per heavy atom. The average molecular weight is 481 g/mol. The van der Waals surface area contributed by atoms with Gasteiger partial charge in [-0.1, -0.05) is 54.1 Å². The first kappa shape index (κ1) is 23.2. The molecule has 1 atom stereocenters. The molecule has 0 saturated carbocycles. The number of ether oxygens (including phenoxy) is 1. The molecule has 0 radical (unpaired) electrons. The van der Waals surface area contributed by atoms with Crippen LogP contribution < -0.4 is 4.74 Å². The van der Waals surface area contributed by atoms with Gasteiger partial charge in [-0.3, -0.25) is 9.59 Å².